The van der Waals surface area contributed by atoms with E-state index in [-0.39, 0.29) is 6.54 Å². The Balaban J connectivity index is 1.57. The molecule has 3 aromatic carbocycles. The third-order valence-electron chi connectivity index (χ3n) is 4.41. The number of nitrogens with one attached hydrogen (secondary N) is 1. The van der Waals surface area contributed by atoms with E-state index in [1.165, 1.54) is 11.3 Å². The molecule has 0 aliphatic rings. The van der Waals surface area contributed by atoms with Crippen molar-refractivity contribution in [1.82, 2.24) is 10.2 Å². The normalized spacial score (nSPS) is 11.4. The summed E-state index contributed by atoms with van der Waals surface area (Å²) >= 11 is 1.23. The zero-order valence-corrected chi connectivity index (χ0v) is 17.7. The summed E-state index contributed by atoms with van der Waals surface area (Å²) in [6, 6.07) is 22.3. The van der Waals surface area contributed by atoms with Crippen LogP contribution in [0.4, 0.5) is 10.8 Å². The summed E-state index contributed by atoms with van der Waals surface area (Å²) in [6.45, 7) is -0.368. The first kappa shape index (κ1) is 20.0. The van der Waals surface area contributed by atoms with Gasteiger partial charge in [-0.3, -0.25) is 14.4 Å². The number of nitrogens with zero attached hydrogens (tertiary/aromatic N) is 3. The van der Waals surface area contributed by atoms with Crippen LogP contribution in [0.15, 0.2) is 72.8 Å². The monoisotopic (exact) mass is 438 g/mol. The summed E-state index contributed by atoms with van der Waals surface area (Å²) in [4.78, 5) is 12.6. The molecule has 0 fully saturated rings. The Kier molecular flexibility index (Phi) is 5.47. The number of hydrogen-bond donors (Lipinski definition) is 1. The molecule has 0 aliphatic carbocycles. The maximum atomic E-state index is 12.6. The minimum atomic E-state index is -3.69. The van der Waals surface area contributed by atoms with Crippen LogP contribution >= 0.6 is 11.3 Å². The van der Waals surface area contributed by atoms with Crippen molar-refractivity contribution in [3.63, 3.8) is 0 Å². The van der Waals surface area contributed by atoms with E-state index >= 15 is 0 Å². The molecule has 0 radical (unpaired) electrons. The Hall–Kier alpha value is -3.30. The van der Waals surface area contributed by atoms with Gasteiger partial charge in [-0.25, -0.2) is 8.42 Å². The Morgan fingerprint density at radius 1 is 0.967 bits per heavy atom. The summed E-state index contributed by atoms with van der Waals surface area (Å²) in [5, 5.41) is 13.4. The fraction of sp³-hybridized carbons (Fsp3) is 0.0952. The van der Waals surface area contributed by atoms with Crippen LogP contribution < -0.4 is 9.62 Å². The van der Waals surface area contributed by atoms with Crippen molar-refractivity contribution in [2.45, 2.75) is 0 Å². The molecule has 1 heterocycles. The van der Waals surface area contributed by atoms with E-state index in [1.807, 2.05) is 60.7 Å². The van der Waals surface area contributed by atoms with Gasteiger partial charge >= 0.3 is 0 Å². The zero-order valence-electron chi connectivity index (χ0n) is 16.0. The quantitative estimate of drug-likeness (QED) is 0.495. The van der Waals surface area contributed by atoms with Crippen LogP contribution in [0.25, 0.3) is 21.3 Å². The van der Waals surface area contributed by atoms with Gasteiger partial charge < -0.3 is 0 Å². The van der Waals surface area contributed by atoms with E-state index in [0.717, 1.165) is 26.9 Å². The smallest absolute Gasteiger partial charge is 0.246 e. The second-order valence-electron chi connectivity index (χ2n) is 6.59. The summed E-state index contributed by atoms with van der Waals surface area (Å²) in [5.41, 5.74) is 1.34. The van der Waals surface area contributed by atoms with Crippen LogP contribution in [-0.4, -0.2) is 37.3 Å². The van der Waals surface area contributed by atoms with Crippen LogP contribution in [0.3, 0.4) is 0 Å². The van der Waals surface area contributed by atoms with Gasteiger partial charge in [0.15, 0.2) is 0 Å². The van der Waals surface area contributed by atoms with Crippen molar-refractivity contribution in [2.24, 2.45) is 0 Å². The molecule has 0 atom stereocenters. The summed E-state index contributed by atoms with van der Waals surface area (Å²) in [6.07, 6.45) is 1.08. The maximum absolute atomic E-state index is 12.6. The van der Waals surface area contributed by atoms with Gasteiger partial charge in [-0.05, 0) is 11.5 Å². The van der Waals surface area contributed by atoms with E-state index < -0.39 is 15.9 Å². The number of fused-ring (bicyclic) bond motifs is 1. The Morgan fingerprint density at radius 2 is 1.67 bits per heavy atom. The Labute approximate surface area is 178 Å². The average molecular weight is 439 g/mol. The van der Waals surface area contributed by atoms with Gasteiger partial charge in [0.25, 0.3) is 0 Å². The van der Waals surface area contributed by atoms with Crippen molar-refractivity contribution < 1.29 is 13.2 Å². The fourth-order valence-electron chi connectivity index (χ4n) is 3.07. The molecule has 152 valence electrons. The van der Waals surface area contributed by atoms with Crippen molar-refractivity contribution in [3.05, 3.63) is 72.8 Å². The predicted molar refractivity (Wildman–Crippen MR) is 120 cm³/mol. The molecular formula is C21H18N4O3S2. The molecule has 9 heteroatoms. The molecule has 0 unspecified atom stereocenters. The lowest BCUT2D eigenvalue weighted by atomic mass is 10.1. The Morgan fingerprint density at radius 3 is 2.43 bits per heavy atom. The molecule has 1 N–H and O–H groups in total. The number of sulfonamides is 1. The van der Waals surface area contributed by atoms with Crippen molar-refractivity contribution in [3.8, 4) is 10.6 Å². The number of benzene rings is 3. The maximum Gasteiger partial charge on any atom is 0.246 e. The van der Waals surface area contributed by atoms with Crippen LogP contribution in [0.5, 0.6) is 0 Å². The van der Waals surface area contributed by atoms with Crippen LogP contribution in [0.1, 0.15) is 0 Å². The highest BCUT2D eigenvalue weighted by Gasteiger charge is 2.23. The number of carbonyl (C=O) groups excluding carboxylic acids is 1. The van der Waals surface area contributed by atoms with Gasteiger partial charge in [-0.2, -0.15) is 0 Å². The minimum Gasteiger partial charge on any atom is -0.299 e. The van der Waals surface area contributed by atoms with Gasteiger partial charge in [0.2, 0.25) is 21.1 Å². The molecule has 30 heavy (non-hydrogen) atoms. The summed E-state index contributed by atoms with van der Waals surface area (Å²) in [7, 11) is -3.69. The molecule has 0 saturated heterocycles. The number of carbonyl (C=O) groups is 1. The Bertz CT molecular complexity index is 1300. The van der Waals surface area contributed by atoms with Gasteiger partial charge in [-0.1, -0.05) is 78.1 Å². The van der Waals surface area contributed by atoms with Gasteiger partial charge in [-0.15, -0.1) is 10.2 Å². The van der Waals surface area contributed by atoms with E-state index in [2.05, 4.69) is 15.5 Å². The van der Waals surface area contributed by atoms with Crippen LogP contribution in [-0.2, 0) is 14.8 Å². The first-order valence-corrected chi connectivity index (χ1v) is 11.7. The molecule has 1 aromatic heterocycles. The minimum absolute atomic E-state index is 0.310. The third-order valence-corrected chi connectivity index (χ3v) is 6.43. The number of amides is 1. The lowest BCUT2D eigenvalue weighted by Crippen LogP contribution is -2.37. The van der Waals surface area contributed by atoms with E-state index in [9.17, 15) is 13.2 Å². The number of hydrogen-bond acceptors (Lipinski definition) is 6. The van der Waals surface area contributed by atoms with Gasteiger partial charge in [0, 0.05) is 10.9 Å². The molecule has 1 amide bonds. The van der Waals surface area contributed by atoms with Crippen LogP contribution in [0.2, 0.25) is 0 Å². The molecular weight excluding hydrogens is 420 g/mol. The molecule has 0 bridgehead atoms. The van der Waals surface area contributed by atoms with Gasteiger partial charge in [0.05, 0.1) is 11.9 Å². The molecule has 4 rings (SSSR count). The van der Waals surface area contributed by atoms with Gasteiger partial charge in [0.1, 0.15) is 11.6 Å². The number of aromatic nitrogens is 2. The van der Waals surface area contributed by atoms with Crippen LogP contribution in [0, 0.1) is 0 Å². The molecule has 0 saturated carbocycles. The molecule has 0 spiro atoms. The standard InChI is InChI=1S/C21H18N4O3S2/c1-30(27,28)25(18-13-7-11-15-8-5-6-12-17(15)18)14-19(26)22-21-24-23-20(29-21)16-9-3-2-4-10-16/h2-13H,14H2,1H3,(H,22,24,26). The van der Waals surface area contributed by atoms with Crippen molar-refractivity contribution in [1.29, 1.82) is 0 Å². The number of rotatable bonds is 6. The van der Waals surface area contributed by atoms with E-state index in [0.29, 0.717) is 15.8 Å². The SMILES string of the molecule is CS(=O)(=O)N(CC(=O)Nc1nnc(-c2ccccc2)s1)c1cccc2ccccc12. The number of anilines is 2. The van der Waals surface area contributed by atoms with E-state index in [4.69, 9.17) is 0 Å². The molecule has 4 aromatic rings. The third kappa shape index (κ3) is 4.32. The summed E-state index contributed by atoms with van der Waals surface area (Å²) < 4.78 is 26.0. The highest BCUT2D eigenvalue weighted by molar-refractivity contribution is 7.92. The lowest BCUT2D eigenvalue weighted by molar-refractivity contribution is -0.114. The molecule has 0 aliphatic heterocycles. The first-order chi connectivity index (χ1) is 14.4. The highest BCUT2D eigenvalue weighted by atomic mass is 32.2. The predicted octanol–water partition coefficient (Wildman–Crippen LogP) is 3.76. The largest absolute Gasteiger partial charge is 0.299 e. The second kappa shape index (κ2) is 8.21. The fourth-order valence-corrected chi connectivity index (χ4v) is 4.70. The zero-order chi connectivity index (χ0) is 21.1. The van der Waals surface area contributed by atoms with E-state index in [1.54, 1.807) is 12.1 Å². The average Bonchev–Trinajstić information content (AvgIpc) is 3.20. The van der Waals surface area contributed by atoms with Crippen molar-refractivity contribution in [2.75, 3.05) is 22.4 Å². The summed E-state index contributed by atoms with van der Waals surface area (Å²) in [5.74, 6) is -0.496. The van der Waals surface area contributed by atoms with Crippen molar-refractivity contribution >= 4 is 48.9 Å². The second-order valence-corrected chi connectivity index (χ2v) is 9.48. The highest BCUT2D eigenvalue weighted by Crippen LogP contribution is 2.29. The topological polar surface area (TPSA) is 92.3 Å². The lowest BCUT2D eigenvalue weighted by Gasteiger charge is -2.23. The molecule has 7 nitrogen and oxygen atoms in total. The first-order valence-electron chi connectivity index (χ1n) is 9.06.